The minimum absolute atomic E-state index is 0.317. The third kappa shape index (κ3) is 2.68. The monoisotopic (exact) mass is 256 g/mol. The summed E-state index contributed by atoms with van der Waals surface area (Å²) in [7, 11) is 0. The number of benzene rings is 1. The maximum atomic E-state index is 11.9. The van der Waals surface area contributed by atoms with Crippen LogP contribution in [0.15, 0.2) is 42.7 Å². The number of pyridine rings is 1. The third-order valence-electron chi connectivity index (χ3n) is 2.30. The second kappa shape index (κ2) is 5.35. The summed E-state index contributed by atoms with van der Waals surface area (Å²) in [4.78, 5) is 15.8. The van der Waals surface area contributed by atoms with Gasteiger partial charge < -0.3 is 5.32 Å². The molecular formula is C14H9ClN2O. The summed E-state index contributed by atoms with van der Waals surface area (Å²) in [6, 6.07) is 8.59. The number of aromatic nitrogens is 1. The predicted octanol–water partition coefficient (Wildman–Crippen LogP) is 2.97. The van der Waals surface area contributed by atoms with E-state index >= 15 is 0 Å². The van der Waals surface area contributed by atoms with Crippen molar-refractivity contribution in [3.63, 3.8) is 0 Å². The number of hydrogen-bond acceptors (Lipinski definition) is 2. The van der Waals surface area contributed by atoms with E-state index in [0.29, 0.717) is 21.8 Å². The van der Waals surface area contributed by atoms with Crippen molar-refractivity contribution in [1.82, 2.24) is 4.98 Å². The Balaban J connectivity index is 2.22. The maximum absolute atomic E-state index is 11.9. The molecule has 3 nitrogen and oxygen atoms in total. The van der Waals surface area contributed by atoms with Gasteiger partial charge in [0.1, 0.15) is 0 Å². The van der Waals surface area contributed by atoms with Crippen molar-refractivity contribution in [2.75, 3.05) is 5.32 Å². The van der Waals surface area contributed by atoms with Crippen molar-refractivity contribution < 1.29 is 4.79 Å². The molecule has 0 aliphatic rings. The largest absolute Gasteiger partial charge is 0.322 e. The van der Waals surface area contributed by atoms with Gasteiger partial charge in [0.05, 0.1) is 10.6 Å². The van der Waals surface area contributed by atoms with Crippen LogP contribution in [-0.4, -0.2) is 10.9 Å². The van der Waals surface area contributed by atoms with Crippen molar-refractivity contribution in [2.45, 2.75) is 0 Å². The van der Waals surface area contributed by atoms with Crippen LogP contribution in [0.4, 0.5) is 5.69 Å². The number of nitrogens with zero attached hydrogens (tertiary/aromatic N) is 1. The van der Waals surface area contributed by atoms with Gasteiger partial charge in [-0.3, -0.25) is 9.78 Å². The molecule has 0 radical (unpaired) electrons. The van der Waals surface area contributed by atoms with Crippen LogP contribution in [0, 0.1) is 12.3 Å². The van der Waals surface area contributed by atoms with Gasteiger partial charge in [-0.1, -0.05) is 23.6 Å². The van der Waals surface area contributed by atoms with Crippen LogP contribution in [0.25, 0.3) is 0 Å². The quantitative estimate of drug-likeness (QED) is 0.840. The number of nitrogens with one attached hydrogen (secondary N) is 1. The number of terminal acetylenes is 1. The first-order valence-corrected chi connectivity index (χ1v) is 5.56. The van der Waals surface area contributed by atoms with E-state index in [1.165, 1.54) is 12.4 Å². The Kier molecular flexibility index (Phi) is 3.61. The topological polar surface area (TPSA) is 42.0 Å². The fourth-order valence-corrected chi connectivity index (χ4v) is 1.62. The maximum Gasteiger partial charge on any atom is 0.258 e. The smallest absolute Gasteiger partial charge is 0.258 e. The lowest BCUT2D eigenvalue weighted by Gasteiger charge is -2.06. The zero-order valence-electron chi connectivity index (χ0n) is 9.35. The molecule has 0 unspecified atom stereocenters. The highest BCUT2D eigenvalue weighted by molar-refractivity contribution is 6.34. The molecule has 4 heteroatoms. The van der Waals surface area contributed by atoms with Gasteiger partial charge in [0.2, 0.25) is 0 Å². The molecule has 0 fully saturated rings. The molecule has 1 amide bonds. The van der Waals surface area contributed by atoms with Crippen LogP contribution in [0.5, 0.6) is 0 Å². The number of rotatable bonds is 2. The predicted molar refractivity (Wildman–Crippen MR) is 71.6 cm³/mol. The summed E-state index contributed by atoms with van der Waals surface area (Å²) in [6.45, 7) is 0. The van der Waals surface area contributed by atoms with Crippen LogP contribution in [-0.2, 0) is 0 Å². The molecule has 0 spiro atoms. The van der Waals surface area contributed by atoms with Gasteiger partial charge in [-0.05, 0) is 24.3 Å². The average Bonchev–Trinajstić information content (AvgIpc) is 2.39. The number of carbonyl (C=O) groups excluding carboxylic acids is 1. The number of carbonyl (C=O) groups is 1. The van der Waals surface area contributed by atoms with Crippen molar-refractivity contribution in [3.05, 3.63) is 58.9 Å². The molecule has 1 N–H and O–H groups in total. The van der Waals surface area contributed by atoms with Gasteiger partial charge in [-0.25, -0.2) is 0 Å². The Bertz CT molecular complexity index is 632. The molecule has 0 bridgehead atoms. The molecule has 2 aromatic rings. The lowest BCUT2D eigenvalue weighted by Crippen LogP contribution is -2.12. The van der Waals surface area contributed by atoms with E-state index in [-0.39, 0.29) is 5.91 Å². The first kappa shape index (κ1) is 12.2. The molecule has 1 heterocycles. The van der Waals surface area contributed by atoms with E-state index in [2.05, 4.69) is 16.2 Å². The second-order valence-corrected chi connectivity index (χ2v) is 3.94. The Morgan fingerprint density at radius 1 is 1.39 bits per heavy atom. The fourth-order valence-electron chi connectivity index (χ4n) is 1.43. The average molecular weight is 257 g/mol. The highest BCUT2D eigenvalue weighted by atomic mass is 35.5. The summed E-state index contributed by atoms with van der Waals surface area (Å²) in [5.74, 6) is 2.18. The Morgan fingerprint density at radius 3 is 2.94 bits per heavy atom. The summed E-state index contributed by atoms with van der Waals surface area (Å²) in [5.41, 5.74) is 1.64. The molecule has 1 aromatic carbocycles. The lowest BCUT2D eigenvalue weighted by molar-refractivity contribution is 0.102. The zero-order chi connectivity index (χ0) is 13.0. The van der Waals surface area contributed by atoms with Crippen molar-refractivity contribution >= 4 is 23.2 Å². The molecule has 18 heavy (non-hydrogen) atoms. The van der Waals surface area contributed by atoms with Crippen LogP contribution in [0.2, 0.25) is 5.02 Å². The first-order chi connectivity index (χ1) is 8.70. The van der Waals surface area contributed by atoms with E-state index < -0.39 is 0 Å². The molecule has 2 rings (SSSR count). The number of amides is 1. The number of anilines is 1. The molecule has 88 valence electrons. The first-order valence-electron chi connectivity index (χ1n) is 5.18. The highest BCUT2D eigenvalue weighted by Gasteiger charge is 2.10. The number of hydrogen-bond donors (Lipinski definition) is 1. The van der Waals surface area contributed by atoms with Crippen LogP contribution in [0.1, 0.15) is 15.9 Å². The van der Waals surface area contributed by atoms with Crippen LogP contribution < -0.4 is 5.32 Å². The normalized spacial score (nSPS) is 9.56. The minimum Gasteiger partial charge on any atom is -0.322 e. The van der Waals surface area contributed by atoms with Gasteiger partial charge in [0, 0.05) is 23.6 Å². The van der Waals surface area contributed by atoms with Crippen molar-refractivity contribution in [2.24, 2.45) is 0 Å². The zero-order valence-corrected chi connectivity index (χ0v) is 10.1. The standard InChI is InChI=1S/C14H9ClN2O/c1-2-10-4-3-5-11(8-10)17-14(18)12-9-16-7-6-13(12)15/h1,3-9H,(H,17,18). The van der Waals surface area contributed by atoms with Crippen molar-refractivity contribution in [3.8, 4) is 12.3 Å². The number of halogens is 1. The highest BCUT2D eigenvalue weighted by Crippen LogP contribution is 2.16. The SMILES string of the molecule is C#Cc1cccc(NC(=O)c2cnccc2Cl)c1. The van der Waals surface area contributed by atoms with Gasteiger partial charge >= 0.3 is 0 Å². The third-order valence-corrected chi connectivity index (χ3v) is 2.63. The Labute approximate surface area is 110 Å². The van der Waals surface area contributed by atoms with Gasteiger partial charge in [-0.2, -0.15) is 0 Å². The Hall–Kier alpha value is -2.31. The van der Waals surface area contributed by atoms with E-state index in [1.807, 2.05) is 0 Å². The molecule has 0 saturated heterocycles. The molecule has 1 aromatic heterocycles. The van der Waals surface area contributed by atoms with E-state index in [0.717, 1.165) is 0 Å². The minimum atomic E-state index is -0.317. The summed E-state index contributed by atoms with van der Waals surface area (Å²) >= 11 is 5.91. The van der Waals surface area contributed by atoms with Gasteiger partial charge in [0.25, 0.3) is 5.91 Å². The summed E-state index contributed by atoms with van der Waals surface area (Å²) in [5, 5.41) is 3.07. The molecule has 0 aliphatic carbocycles. The van der Waals surface area contributed by atoms with E-state index in [1.54, 1.807) is 30.3 Å². The fraction of sp³-hybridized carbons (Fsp3) is 0. The molecule has 0 saturated carbocycles. The Morgan fingerprint density at radius 2 is 2.22 bits per heavy atom. The van der Waals surface area contributed by atoms with Crippen molar-refractivity contribution in [1.29, 1.82) is 0 Å². The van der Waals surface area contributed by atoms with E-state index in [4.69, 9.17) is 18.0 Å². The summed E-state index contributed by atoms with van der Waals surface area (Å²) < 4.78 is 0. The van der Waals surface area contributed by atoms with Crippen LogP contribution in [0.3, 0.4) is 0 Å². The lowest BCUT2D eigenvalue weighted by atomic mass is 10.2. The van der Waals surface area contributed by atoms with Gasteiger partial charge in [-0.15, -0.1) is 6.42 Å². The summed E-state index contributed by atoms with van der Waals surface area (Å²) in [6.07, 6.45) is 8.24. The molecule has 0 aliphatic heterocycles. The van der Waals surface area contributed by atoms with Gasteiger partial charge in [0.15, 0.2) is 0 Å². The second-order valence-electron chi connectivity index (χ2n) is 3.53. The van der Waals surface area contributed by atoms with Crippen LogP contribution >= 0.6 is 11.6 Å². The molecular weight excluding hydrogens is 248 g/mol. The van der Waals surface area contributed by atoms with E-state index in [9.17, 15) is 4.79 Å². The molecule has 0 atom stereocenters.